The van der Waals surface area contributed by atoms with E-state index in [4.69, 9.17) is 0 Å². The van der Waals surface area contributed by atoms with E-state index in [2.05, 4.69) is 9.46 Å². The van der Waals surface area contributed by atoms with Gasteiger partial charge >= 0.3 is 5.97 Å². The van der Waals surface area contributed by atoms with Crippen LogP contribution in [0.5, 0.6) is 0 Å². The van der Waals surface area contributed by atoms with Gasteiger partial charge in [-0.05, 0) is 43.2 Å². The molecule has 0 aliphatic carbocycles. The van der Waals surface area contributed by atoms with Crippen molar-refractivity contribution in [2.24, 2.45) is 0 Å². The average molecular weight is 439 g/mol. The van der Waals surface area contributed by atoms with Gasteiger partial charge in [0.1, 0.15) is 0 Å². The Labute approximate surface area is 170 Å². The van der Waals surface area contributed by atoms with Gasteiger partial charge in [0.25, 0.3) is 0 Å². The highest BCUT2D eigenvalue weighted by Gasteiger charge is 2.31. The number of nitrogens with one attached hydrogen (secondary N) is 1. The Hall–Kier alpha value is -2.27. The fourth-order valence-corrected chi connectivity index (χ4v) is 5.99. The predicted octanol–water partition coefficient (Wildman–Crippen LogP) is 1.60. The third-order valence-corrected chi connectivity index (χ3v) is 8.15. The Morgan fingerprint density at radius 2 is 1.59 bits per heavy atom. The normalized spacial score (nSPS) is 16.4. The van der Waals surface area contributed by atoms with E-state index < -0.39 is 26.0 Å². The van der Waals surface area contributed by atoms with E-state index in [1.54, 1.807) is 18.2 Å². The van der Waals surface area contributed by atoms with Crippen LogP contribution in [0.1, 0.15) is 23.2 Å². The van der Waals surface area contributed by atoms with Crippen LogP contribution in [0.25, 0.3) is 0 Å². The monoisotopic (exact) mass is 438 g/mol. The molecule has 0 bridgehead atoms. The fraction of sp³-hybridized carbons (Fsp3) is 0.316. The smallest absolute Gasteiger partial charge is 0.337 e. The van der Waals surface area contributed by atoms with Crippen molar-refractivity contribution < 1.29 is 26.4 Å². The van der Waals surface area contributed by atoms with Crippen molar-refractivity contribution >= 4 is 26.0 Å². The molecule has 1 heterocycles. The minimum atomic E-state index is -3.80. The lowest BCUT2D eigenvalue weighted by Gasteiger charge is -2.31. The maximum absolute atomic E-state index is 12.9. The number of benzene rings is 2. The van der Waals surface area contributed by atoms with E-state index in [0.29, 0.717) is 12.8 Å². The number of esters is 1. The molecule has 0 amide bonds. The molecule has 0 saturated carbocycles. The van der Waals surface area contributed by atoms with Gasteiger partial charge in [0.05, 0.1) is 22.5 Å². The second-order valence-electron chi connectivity index (χ2n) is 6.63. The number of nitrogens with zero attached hydrogens (tertiary/aromatic N) is 1. The number of rotatable bonds is 6. The molecule has 1 saturated heterocycles. The highest BCUT2D eigenvalue weighted by atomic mass is 32.2. The molecule has 10 heteroatoms. The zero-order chi connectivity index (χ0) is 21.1. The Balaban J connectivity index is 1.68. The number of carbonyl (C=O) groups excluding carboxylic acids is 1. The zero-order valence-electron chi connectivity index (χ0n) is 15.8. The Morgan fingerprint density at radius 3 is 2.21 bits per heavy atom. The fourth-order valence-electron chi connectivity index (χ4n) is 3.15. The topological polar surface area (TPSA) is 110 Å². The van der Waals surface area contributed by atoms with Crippen LogP contribution >= 0.6 is 0 Å². The summed E-state index contributed by atoms with van der Waals surface area (Å²) in [6.45, 7) is 0.347. The number of methoxy groups -OCH3 is 1. The van der Waals surface area contributed by atoms with Gasteiger partial charge in [-0.1, -0.05) is 24.3 Å². The van der Waals surface area contributed by atoms with Crippen LogP contribution in [-0.4, -0.2) is 53.4 Å². The van der Waals surface area contributed by atoms with Crippen LogP contribution in [0, 0.1) is 0 Å². The second kappa shape index (κ2) is 8.62. The van der Waals surface area contributed by atoms with E-state index in [1.807, 2.05) is 0 Å². The molecule has 8 nitrogen and oxygen atoms in total. The minimum Gasteiger partial charge on any atom is -0.465 e. The quantitative estimate of drug-likeness (QED) is 0.686. The third-order valence-electron chi connectivity index (χ3n) is 4.72. The summed E-state index contributed by atoms with van der Waals surface area (Å²) in [5.41, 5.74) is 0.152. The maximum Gasteiger partial charge on any atom is 0.337 e. The summed E-state index contributed by atoms with van der Waals surface area (Å²) < 4.78 is 59.3. The molecule has 1 aliphatic heterocycles. The van der Waals surface area contributed by atoms with Gasteiger partial charge in [-0.2, -0.15) is 4.31 Å². The average Bonchev–Trinajstić information content (AvgIpc) is 2.74. The first-order valence-corrected chi connectivity index (χ1v) is 11.9. The summed E-state index contributed by atoms with van der Waals surface area (Å²) in [5.74, 6) is -0.615. The van der Waals surface area contributed by atoms with Gasteiger partial charge in [0.2, 0.25) is 20.0 Å². The number of piperidine rings is 1. The molecule has 1 aliphatic rings. The zero-order valence-corrected chi connectivity index (χ0v) is 17.4. The number of hydrogen-bond donors (Lipinski definition) is 1. The van der Waals surface area contributed by atoms with Crippen LogP contribution in [0.4, 0.5) is 0 Å². The molecule has 2 aromatic rings. The predicted molar refractivity (Wildman–Crippen MR) is 106 cm³/mol. The van der Waals surface area contributed by atoms with Crippen LogP contribution < -0.4 is 4.72 Å². The highest BCUT2D eigenvalue weighted by molar-refractivity contribution is 7.89. The van der Waals surface area contributed by atoms with E-state index in [9.17, 15) is 21.6 Å². The molecule has 0 unspecified atom stereocenters. The van der Waals surface area contributed by atoms with Gasteiger partial charge < -0.3 is 4.74 Å². The van der Waals surface area contributed by atoms with E-state index in [-0.39, 0.29) is 34.5 Å². The summed E-state index contributed by atoms with van der Waals surface area (Å²) in [6, 6.07) is 13.4. The van der Waals surface area contributed by atoms with Crippen molar-refractivity contribution in [2.45, 2.75) is 28.7 Å². The number of carbonyl (C=O) groups is 1. The second-order valence-corrected chi connectivity index (χ2v) is 10.3. The number of hydrogen-bond acceptors (Lipinski definition) is 6. The van der Waals surface area contributed by atoms with Gasteiger partial charge in [-0.3, -0.25) is 0 Å². The maximum atomic E-state index is 12.9. The van der Waals surface area contributed by atoms with Crippen molar-refractivity contribution in [3.63, 3.8) is 0 Å². The largest absolute Gasteiger partial charge is 0.465 e. The first-order valence-electron chi connectivity index (χ1n) is 9.00. The van der Waals surface area contributed by atoms with E-state index in [1.165, 1.54) is 47.8 Å². The third kappa shape index (κ3) is 4.84. The molecule has 29 heavy (non-hydrogen) atoms. The summed E-state index contributed by atoms with van der Waals surface area (Å²) >= 11 is 0. The first-order chi connectivity index (χ1) is 13.7. The van der Waals surface area contributed by atoms with Gasteiger partial charge in [-0.25, -0.2) is 26.4 Å². The van der Waals surface area contributed by atoms with Gasteiger partial charge in [0.15, 0.2) is 0 Å². The molecule has 0 radical (unpaired) electrons. The Kier molecular flexibility index (Phi) is 6.37. The molecule has 156 valence electrons. The number of sulfonamides is 2. The van der Waals surface area contributed by atoms with Crippen LogP contribution in [0.15, 0.2) is 64.4 Å². The Bertz CT molecular complexity index is 1080. The highest BCUT2D eigenvalue weighted by Crippen LogP contribution is 2.23. The lowest BCUT2D eigenvalue weighted by molar-refractivity contribution is 0.0600. The molecule has 0 aromatic heterocycles. The van der Waals surface area contributed by atoms with E-state index >= 15 is 0 Å². The Morgan fingerprint density at radius 1 is 0.966 bits per heavy atom. The summed E-state index contributed by atoms with van der Waals surface area (Å²) in [5, 5.41) is 0. The van der Waals surface area contributed by atoms with Crippen molar-refractivity contribution in [1.29, 1.82) is 0 Å². The summed E-state index contributed by atoms with van der Waals surface area (Å²) in [6.07, 6.45) is 0.698. The van der Waals surface area contributed by atoms with Crippen molar-refractivity contribution in [3.05, 3.63) is 60.2 Å². The van der Waals surface area contributed by atoms with Gasteiger partial charge in [0, 0.05) is 19.1 Å². The standard InChI is InChI=1S/C19H22N2O6S2/c1-27-19(22)15-6-5-9-18(14-15)29(25,26)21-12-10-16(11-13-21)20-28(23,24)17-7-3-2-4-8-17/h2-9,14,16,20H,10-13H2,1H3. The molecule has 1 N–H and O–H groups in total. The molecule has 1 fully saturated rings. The molecule has 3 rings (SSSR count). The van der Waals surface area contributed by atoms with Crippen LogP contribution in [0.3, 0.4) is 0 Å². The number of ether oxygens (including phenoxy) is 1. The molecule has 0 spiro atoms. The van der Waals surface area contributed by atoms with Crippen LogP contribution in [0.2, 0.25) is 0 Å². The summed E-state index contributed by atoms with van der Waals surface area (Å²) in [7, 11) is -6.22. The lowest BCUT2D eigenvalue weighted by atomic mass is 10.1. The SMILES string of the molecule is COC(=O)c1cccc(S(=O)(=O)N2CCC(NS(=O)(=O)c3ccccc3)CC2)c1. The first kappa shape index (κ1) is 21.4. The van der Waals surface area contributed by atoms with Gasteiger partial charge in [-0.15, -0.1) is 0 Å². The van der Waals surface area contributed by atoms with Crippen LogP contribution in [-0.2, 0) is 24.8 Å². The molecule has 0 atom stereocenters. The molecular weight excluding hydrogens is 416 g/mol. The lowest BCUT2D eigenvalue weighted by Crippen LogP contribution is -2.46. The van der Waals surface area contributed by atoms with Crippen molar-refractivity contribution in [3.8, 4) is 0 Å². The minimum absolute atomic E-state index is 0.00344. The molecule has 2 aromatic carbocycles. The van der Waals surface area contributed by atoms with Crippen molar-refractivity contribution in [2.75, 3.05) is 20.2 Å². The summed E-state index contributed by atoms with van der Waals surface area (Å²) in [4.78, 5) is 11.8. The van der Waals surface area contributed by atoms with E-state index in [0.717, 1.165) is 0 Å². The molecular formula is C19H22N2O6S2. The van der Waals surface area contributed by atoms with Crippen molar-refractivity contribution in [1.82, 2.24) is 9.03 Å².